The van der Waals surface area contributed by atoms with E-state index < -0.39 is 47.2 Å². The van der Waals surface area contributed by atoms with Crippen molar-refractivity contribution in [1.82, 2.24) is 4.98 Å². The number of phenols is 2. The van der Waals surface area contributed by atoms with Gasteiger partial charge in [0.2, 0.25) is 0 Å². The minimum absolute atomic E-state index is 0. The van der Waals surface area contributed by atoms with Crippen molar-refractivity contribution < 1.29 is 36.2 Å². The Labute approximate surface area is 215 Å². The number of phenolic OH excluding ortho intramolecular Hbond substituents is 2. The van der Waals surface area contributed by atoms with Crippen molar-refractivity contribution in [2.24, 2.45) is 10.2 Å². The van der Waals surface area contributed by atoms with E-state index in [2.05, 4.69) is 15.2 Å². The van der Waals surface area contributed by atoms with E-state index in [1.807, 2.05) is 0 Å². The fourth-order valence-corrected chi connectivity index (χ4v) is 3.59. The molecule has 30 heavy (non-hydrogen) atoms. The summed E-state index contributed by atoms with van der Waals surface area (Å²) in [6, 6.07) is 6.84. The number of rotatable bonds is 4. The molecule has 0 aliphatic heterocycles. The molecule has 11 nitrogen and oxygen atoms in total. The van der Waals surface area contributed by atoms with Gasteiger partial charge in [0.05, 0.1) is 10.3 Å². The third-order valence-corrected chi connectivity index (χ3v) is 5.28. The van der Waals surface area contributed by atoms with Crippen LogP contribution in [0.15, 0.2) is 62.6 Å². The number of hydrogen-bond acceptors (Lipinski definition) is 9. The Bertz CT molecular complexity index is 1330. The summed E-state index contributed by atoms with van der Waals surface area (Å²) in [5, 5.41) is 27.1. The molecule has 0 unspecified atom stereocenters. The first kappa shape index (κ1) is 26.9. The molecule has 0 bridgehead atoms. The molecular formula is C15H13N3Na2O8S2. The SMILES string of the molecule is O=S(=O)(O)c1cc(O)c2c(O)c(/N=N/c3ccccn3)c(S(=O)(=O)O)cc2c1.[NaH].[NaH]. The first-order chi connectivity index (χ1) is 13.0. The zero-order valence-electron chi connectivity index (χ0n) is 13.6. The van der Waals surface area contributed by atoms with Gasteiger partial charge in [0.1, 0.15) is 16.3 Å². The summed E-state index contributed by atoms with van der Waals surface area (Å²) < 4.78 is 64.6. The molecule has 0 spiro atoms. The quantitative estimate of drug-likeness (QED) is 0.246. The first-order valence-corrected chi connectivity index (χ1v) is 10.2. The van der Waals surface area contributed by atoms with Crippen LogP contribution in [0.2, 0.25) is 0 Å². The van der Waals surface area contributed by atoms with Crippen molar-refractivity contribution in [2.45, 2.75) is 9.79 Å². The van der Waals surface area contributed by atoms with Crippen LogP contribution in [0.3, 0.4) is 0 Å². The maximum absolute atomic E-state index is 11.7. The fraction of sp³-hybridized carbons (Fsp3) is 0. The second-order valence-corrected chi connectivity index (χ2v) is 8.26. The summed E-state index contributed by atoms with van der Waals surface area (Å²) in [5.74, 6) is -1.60. The van der Waals surface area contributed by atoms with Gasteiger partial charge in [-0.05, 0) is 29.7 Å². The van der Waals surface area contributed by atoms with Gasteiger partial charge in [0.15, 0.2) is 11.6 Å². The van der Waals surface area contributed by atoms with Gasteiger partial charge in [0.25, 0.3) is 20.2 Å². The second kappa shape index (κ2) is 9.99. The second-order valence-electron chi connectivity index (χ2n) is 5.45. The molecule has 2 aromatic carbocycles. The topological polar surface area (TPSA) is 187 Å². The van der Waals surface area contributed by atoms with Gasteiger partial charge in [-0.2, -0.15) is 16.8 Å². The van der Waals surface area contributed by atoms with Gasteiger partial charge in [-0.15, -0.1) is 10.2 Å². The number of nitrogens with zero attached hydrogens (tertiary/aromatic N) is 3. The van der Waals surface area contributed by atoms with E-state index in [1.165, 1.54) is 12.3 Å². The monoisotopic (exact) mass is 473 g/mol. The Kier molecular flexibility index (Phi) is 8.96. The Morgan fingerprint density at radius 2 is 1.53 bits per heavy atom. The molecule has 0 amide bonds. The molecule has 3 rings (SSSR count). The van der Waals surface area contributed by atoms with Crippen LogP contribution in [0.25, 0.3) is 10.8 Å². The van der Waals surface area contributed by atoms with Crippen molar-refractivity contribution in [1.29, 1.82) is 0 Å². The van der Waals surface area contributed by atoms with Crippen molar-refractivity contribution in [2.75, 3.05) is 0 Å². The summed E-state index contributed by atoms with van der Waals surface area (Å²) in [6.07, 6.45) is 1.39. The number of hydrogen-bond donors (Lipinski definition) is 4. The van der Waals surface area contributed by atoms with Crippen LogP contribution in [-0.4, -0.2) is 100 Å². The molecule has 0 saturated heterocycles. The number of pyridine rings is 1. The van der Waals surface area contributed by atoms with Crippen molar-refractivity contribution >= 4 is 102 Å². The number of fused-ring (bicyclic) bond motifs is 1. The molecule has 0 aliphatic carbocycles. The summed E-state index contributed by atoms with van der Waals surface area (Å²) in [5.41, 5.74) is -0.699. The van der Waals surface area contributed by atoms with Crippen molar-refractivity contribution in [3.63, 3.8) is 0 Å². The molecule has 0 aliphatic rings. The predicted octanol–water partition coefficient (Wildman–Crippen LogP) is 1.26. The predicted molar refractivity (Wildman–Crippen MR) is 110 cm³/mol. The third kappa shape index (κ3) is 5.76. The van der Waals surface area contributed by atoms with E-state index >= 15 is 0 Å². The molecular weight excluding hydrogens is 460 g/mol. The molecule has 150 valence electrons. The van der Waals surface area contributed by atoms with Gasteiger partial charge in [-0.1, -0.05) is 6.07 Å². The normalized spacial score (nSPS) is 11.8. The Hall–Kier alpha value is -1.13. The Morgan fingerprint density at radius 1 is 0.867 bits per heavy atom. The van der Waals surface area contributed by atoms with Crippen LogP contribution >= 0.6 is 0 Å². The number of aromatic hydroxyl groups is 2. The average molecular weight is 473 g/mol. The average Bonchev–Trinajstić information content (AvgIpc) is 2.59. The van der Waals surface area contributed by atoms with Crippen LogP contribution in [0.4, 0.5) is 11.5 Å². The van der Waals surface area contributed by atoms with Gasteiger partial charge in [0, 0.05) is 12.3 Å². The van der Waals surface area contributed by atoms with Gasteiger partial charge in [-0.3, -0.25) is 9.11 Å². The maximum atomic E-state index is 11.7. The van der Waals surface area contributed by atoms with Crippen molar-refractivity contribution in [3.8, 4) is 11.5 Å². The van der Waals surface area contributed by atoms with Gasteiger partial charge in [-0.25, -0.2) is 4.98 Å². The molecule has 1 aromatic heterocycles. The van der Waals surface area contributed by atoms with E-state index in [-0.39, 0.29) is 75.7 Å². The Balaban J connectivity index is 0.00000225. The molecule has 15 heteroatoms. The third-order valence-electron chi connectivity index (χ3n) is 3.58. The summed E-state index contributed by atoms with van der Waals surface area (Å²) in [7, 11) is -9.68. The first-order valence-electron chi connectivity index (χ1n) is 7.29. The van der Waals surface area contributed by atoms with E-state index in [1.54, 1.807) is 12.1 Å². The van der Waals surface area contributed by atoms with Crippen molar-refractivity contribution in [3.05, 3.63) is 42.6 Å². The van der Waals surface area contributed by atoms with Crippen LogP contribution < -0.4 is 0 Å². The van der Waals surface area contributed by atoms with E-state index in [4.69, 9.17) is 4.55 Å². The standard InChI is InChI=1S/C15H11N3O8S2.2Na.2H/c19-10-7-9(27(21,22)23)5-8-6-11(28(24,25)26)14(15(20)13(8)10)18-17-12-3-1-2-4-16-12;;;;/h1-7,19-20H,(H,21,22,23)(H,24,25,26);;;;/b18-17+;;;;. The molecule has 0 radical (unpaired) electrons. The molecule has 1 heterocycles. The van der Waals surface area contributed by atoms with Crippen LogP contribution in [0.1, 0.15) is 0 Å². The summed E-state index contributed by atoms with van der Waals surface area (Å²) in [6.45, 7) is 0. The molecule has 0 fully saturated rings. The number of aromatic nitrogens is 1. The van der Waals surface area contributed by atoms with Crippen LogP contribution in [-0.2, 0) is 20.2 Å². The van der Waals surface area contributed by atoms with E-state index in [0.29, 0.717) is 6.07 Å². The van der Waals surface area contributed by atoms with Gasteiger partial charge >= 0.3 is 59.1 Å². The summed E-state index contributed by atoms with van der Waals surface area (Å²) >= 11 is 0. The molecule has 0 saturated carbocycles. The number of benzene rings is 2. The van der Waals surface area contributed by atoms with Crippen LogP contribution in [0.5, 0.6) is 11.5 Å². The zero-order valence-corrected chi connectivity index (χ0v) is 15.3. The number of azo groups is 1. The van der Waals surface area contributed by atoms with Gasteiger partial charge < -0.3 is 10.2 Å². The molecule has 0 atom stereocenters. The molecule has 4 N–H and O–H groups in total. The minimum atomic E-state index is -4.94. The molecule has 3 aromatic rings. The Morgan fingerprint density at radius 3 is 2.07 bits per heavy atom. The van der Waals surface area contributed by atoms with Crippen LogP contribution in [0, 0.1) is 0 Å². The fourth-order valence-electron chi connectivity index (χ4n) is 2.39. The summed E-state index contributed by atoms with van der Waals surface area (Å²) in [4.78, 5) is 2.19. The van der Waals surface area contributed by atoms with E-state index in [9.17, 15) is 31.6 Å². The zero-order chi connectivity index (χ0) is 20.7. The van der Waals surface area contributed by atoms with E-state index in [0.717, 1.165) is 12.1 Å².